The Labute approximate surface area is 655 Å². The zero-order valence-corrected chi connectivity index (χ0v) is 61.7. The zero-order chi connectivity index (χ0) is 74.5. The van der Waals surface area contributed by atoms with E-state index in [1.165, 1.54) is 111 Å². The van der Waals surface area contributed by atoms with Crippen molar-refractivity contribution in [2.45, 2.75) is 0 Å². The fourth-order valence-corrected chi connectivity index (χ4v) is 16.1. The van der Waals surface area contributed by atoms with Crippen LogP contribution < -0.4 is 19.6 Å². The van der Waals surface area contributed by atoms with Crippen LogP contribution >= 0.6 is 0 Å². The van der Waals surface area contributed by atoms with Crippen molar-refractivity contribution in [3.8, 4) is 111 Å². The summed E-state index contributed by atoms with van der Waals surface area (Å²) in [5, 5.41) is 0. The van der Waals surface area contributed by atoms with Gasteiger partial charge in [0.1, 0.15) is 0 Å². The van der Waals surface area contributed by atoms with Gasteiger partial charge >= 0.3 is 0 Å². The molecule has 14 heterocycles. The summed E-state index contributed by atoms with van der Waals surface area (Å²) in [5.74, 6) is 0. The second kappa shape index (κ2) is 30.4. The predicted molar refractivity (Wildman–Crippen MR) is 473 cm³/mol. The smallest absolute Gasteiger partial charge is 0.0462 e. The van der Waals surface area contributed by atoms with Gasteiger partial charge < -0.3 is 19.6 Å². The Morgan fingerprint density at radius 1 is 0.0804 bits per heavy atom. The molecule has 0 unspecified atom stereocenters. The Balaban J connectivity index is 0.000000154. The lowest BCUT2D eigenvalue weighted by atomic mass is 9.93. The number of benzene rings is 18. The summed E-state index contributed by atoms with van der Waals surface area (Å²) >= 11 is 0. The van der Waals surface area contributed by atoms with Crippen molar-refractivity contribution in [2.24, 2.45) is 0 Å². The van der Waals surface area contributed by atoms with Crippen LogP contribution in [0.4, 0.5) is 68.2 Å². The average molecular weight is 1430 g/mol. The summed E-state index contributed by atoms with van der Waals surface area (Å²) in [4.78, 5) is 9.36. The highest BCUT2D eigenvalue weighted by molar-refractivity contribution is 5.93. The van der Waals surface area contributed by atoms with Gasteiger partial charge in [0.05, 0.1) is 0 Å². The van der Waals surface area contributed by atoms with Gasteiger partial charge in [-0.25, -0.2) is 0 Å². The normalized spacial score (nSPS) is 11.9. The molecule has 528 valence electrons. The first-order valence-corrected chi connectivity index (χ1v) is 38.3. The number of hydrogen-bond acceptors (Lipinski definition) is 4. The van der Waals surface area contributed by atoms with Gasteiger partial charge in [-0.15, -0.1) is 0 Å². The number of rotatable bonds is 6. The molecular weight excluding hydrogens is 1350 g/mol. The van der Waals surface area contributed by atoms with Gasteiger partial charge in [0.2, 0.25) is 0 Å². The Hall–Kier alpha value is -14.8. The quantitative estimate of drug-likeness (QED) is 0.164. The molecular formula is C108H76N4. The minimum atomic E-state index is 1.09. The van der Waals surface area contributed by atoms with Gasteiger partial charge in [-0.05, 0) is 257 Å². The SMILES string of the molecule is c1ccc(-c2ccc(N3c4ccc(cc4)-c4ccccc4-c4ccc(cc4)N(c4ccc(-c5ccccc5)cc4)c4ccc(cc4)-c4ccccc4-c4ccc3cc4)cc2)cc1.c1ccc(N2c3ccc(cc3)-c3ccccc3-c3ccc(cc3)N(c3ccccc3)c3ccc(cc3)-c3ccccc3-c3ccc2cc3)cc1. The zero-order valence-electron chi connectivity index (χ0n) is 61.7. The third-order valence-corrected chi connectivity index (χ3v) is 21.7. The standard InChI is InChI=1S/C60H42N2.C48H34N2/c1-3-11-43(12-4-1)45-19-31-51(32-20-45)61-53-35-23-47(24-36-53)57-15-7-9-17-59(57)49-27-39-55(40-28-49)62(52-33-21-46(22-34-52)44-13-5-2-6-14-44)56-41-29-50(30-42-56)60-18-10-8-16-58(60)48-25-37-54(61)38-26-48;1-3-11-39(12-4-1)49-41-27-19-35(20-28-41)45-15-7-9-17-47(45)37-23-31-43(32-24-37)50(40-13-5-2-6-14-40)44-33-25-38(26-34-44)48-18-10-8-16-46(48)36-21-29-42(49)30-22-36/h1-42H;1-34H. The predicted octanol–water partition coefficient (Wildman–Crippen LogP) is 30.5. The summed E-state index contributed by atoms with van der Waals surface area (Å²) in [6, 6.07) is 167. The van der Waals surface area contributed by atoms with Gasteiger partial charge in [0.15, 0.2) is 0 Å². The van der Waals surface area contributed by atoms with Crippen molar-refractivity contribution in [1.82, 2.24) is 0 Å². The maximum Gasteiger partial charge on any atom is 0.0462 e. The van der Waals surface area contributed by atoms with Crippen molar-refractivity contribution in [2.75, 3.05) is 19.6 Å². The van der Waals surface area contributed by atoms with Crippen molar-refractivity contribution in [1.29, 1.82) is 0 Å². The van der Waals surface area contributed by atoms with E-state index < -0.39 is 0 Å². The molecule has 32 rings (SSSR count). The highest BCUT2D eigenvalue weighted by Crippen LogP contribution is 2.47. The van der Waals surface area contributed by atoms with Crippen molar-refractivity contribution >= 4 is 68.2 Å². The van der Waals surface area contributed by atoms with E-state index in [9.17, 15) is 0 Å². The Morgan fingerprint density at radius 3 is 0.339 bits per heavy atom. The molecule has 4 nitrogen and oxygen atoms in total. The van der Waals surface area contributed by atoms with Crippen LogP contribution in [0, 0.1) is 0 Å². The van der Waals surface area contributed by atoms with Crippen LogP contribution in [-0.4, -0.2) is 0 Å². The minimum absolute atomic E-state index is 1.09. The fourth-order valence-electron chi connectivity index (χ4n) is 16.1. The molecule has 16 bridgehead atoms. The fraction of sp³-hybridized carbons (Fsp3) is 0. The molecule has 0 atom stereocenters. The van der Waals surface area contributed by atoms with E-state index in [0.29, 0.717) is 0 Å². The maximum atomic E-state index is 2.35. The van der Waals surface area contributed by atoms with Gasteiger partial charge in [0.25, 0.3) is 0 Å². The van der Waals surface area contributed by atoms with Crippen LogP contribution in [0.15, 0.2) is 461 Å². The van der Waals surface area contributed by atoms with Crippen LogP contribution in [0.5, 0.6) is 0 Å². The Bertz CT molecular complexity index is 5600. The van der Waals surface area contributed by atoms with E-state index in [1.54, 1.807) is 0 Å². The summed E-state index contributed by atoms with van der Waals surface area (Å²) in [5.41, 5.74) is 37.1. The number of hydrogen-bond donors (Lipinski definition) is 0. The maximum absolute atomic E-state index is 2.35. The molecule has 0 saturated carbocycles. The monoisotopic (exact) mass is 1430 g/mol. The lowest BCUT2D eigenvalue weighted by Gasteiger charge is -2.27. The van der Waals surface area contributed by atoms with Crippen molar-refractivity contribution < 1.29 is 0 Å². The van der Waals surface area contributed by atoms with E-state index in [2.05, 4.69) is 481 Å². The first-order chi connectivity index (χ1) is 55.5. The molecule has 14 aliphatic rings. The minimum Gasteiger partial charge on any atom is -0.311 e. The third kappa shape index (κ3) is 13.6. The van der Waals surface area contributed by atoms with Gasteiger partial charge in [0, 0.05) is 68.2 Å². The summed E-state index contributed by atoms with van der Waals surface area (Å²) in [6.45, 7) is 0. The molecule has 0 aliphatic carbocycles. The third-order valence-electron chi connectivity index (χ3n) is 21.7. The molecule has 0 saturated heterocycles. The van der Waals surface area contributed by atoms with E-state index in [-0.39, 0.29) is 0 Å². The van der Waals surface area contributed by atoms with E-state index in [1.807, 2.05) is 0 Å². The van der Waals surface area contributed by atoms with Crippen LogP contribution in [0.2, 0.25) is 0 Å². The van der Waals surface area contributed by atoms with Gasteiger partial charge in [-0.2, -0.15) is 0 Å². The van der Waals surface area contributed by atoms with Gasteiger partial charge in [-0.1, -0.05) is 315 Å². The largest absolute Gasteiger partial charge is 0.311 e. The molecule has 0 amide bonds. The number of para-hydroxylation sites is 2. The van der Waals surface area contributed by atoms with E-state index >= 15 is 0 Å². The first-order valence-electron chi connectivity index (χ1n) is 38.3. The van der Waals surface area contributed by atoms with Crippen LogP contribution in [0.1, 0.15) is 0 Å². The molecule has 0 fully saturated rings. The summed E-state index contributed by atoms with van der Waals surface area (Å²) < 4.78 is 0. The highest BCUT2D eigenvalue weighted by atomic mass is 15.2. The lowest BCUT2D eigenvalue weighted by molar-refractivity contribution is 1.28. The molecule has 18 aromatic rings. The average Bonchev–Trinajstić information content (AvgIpc) is 0.783. The van der Waals surface area contributed by atoms with E-state index in [4.69, 9.17) is 0 Å². The molecule has 0 spiro atoms. The lowest BCUT2D eigenvalue weighted by Crippen LogP contribution is -2.10. The van der Waals surface area contributed by atoms with E-state index in [0.717, 1.165) is 68.2 Å². The molecule has 4 heteroatoms. The van der Waals surface area contributed by atoms with Crippen molar-refractivity contribution in [3.05, 3.63) is 461 Å². The molecule has 112 heavy (non-hydrogen) atoms. The molecule has 0 radical (unpaired) electrons. The number of nitrogens with zero attached hydrogens (tertiary/aromatic N) is 4. The summed E-state index contributed by atoms with van der Waals surface area (Å²) in [6.07, 6.45) is 0. The molecule has 0 N–H and O–H groups in total. The molecule has 14 aliphatic heterocycles. The van der Waals surface area contributed by atoms with Crippen LogP contribution in [0.25, 0.3) is 111 Å². The van der Waals surface area contributed by atoms with Crippen LogP contribution in [-0.2, 0) is 0 Å². The number of anilines is 12. The Kier molecular flexibility index (Phi) is 18.4. The highest BCUT2D eigenvalue weighted by Gasteiger charge is 2.22. The van der Waals surface area contributed by atoms with Gasteiger partial charge in [-0.3, -0.25) is 0 Å². The second-order valence-electron chi connectivity index (χ2n) is 28.4. The second-order valence-corrected chi connectivity index (χ2v) is 28.4. The Morgan fingerprint density at radius 2 is 0.188 bits per heavy atom. The molecule has 18 aromatic carbocycles. The first kappa shape index (κ1) is 67.7. The van der Waals surface area contributed by atoms with Crippen molar-refractivity contribution in [3.63, 3.8) is 0 Å². The summed E-state index contributed by atoms with van der Waals surface area (Å²) in [7, 11) is 0. The molecule has 0 aromatic heterocycles. The topological polar surface area (TPSA) is 13.0 Å². The van der Waals surface area contributed by atoms with Crippen LogP contribution in [0.3, 0.4) is 0 Å².